The normalized spacial score (nSPS) is 10.6. The lowest BCUT2D eigenvalue weighted by Crippen LogP contribution is -2.11. The third-order valence-electron chi connectivity index (χ3n) is 2.17. The summed E-state index contributed by atoms with van der Waals surface area (Å²) >= 11 is 5.89. The summed E-state index contributed by atoms with van der Waals surface area (Å²) < 4.78 is 0. The van der Waals surface area contributed by atoms with Crippen LogP contribution in [-0.4, -0.2) is 25.1 Å². The standard InChI is InChI=1S/C10H7ClN6/c11-7-2-1-3-8(4-7)15-17-10-9(14-16-17)5-12-6-13-10/h1-6,15H. The lowest BCUT2D eigenvalue weighted by molar-refractivity contribution is 0.759. The van der Waals surface area contributed by atoms with Crippen molar-refractivity contribution in [1.82, 2.24) is 25.1 Å². The minimum absolute atomic E-state index is 0.611. The second-order valence-electron chi connectivity index (χ2n) is 3.35. The number of hydrogen-bond donors (Lipinski definition) is 1. The van der Waals surface area contributed by atoms with Crippen molar-refractivity contribution in [1.29, 1.82) is 0 Å². The van der Waals surface area contributed by atoms with E-state index in [0.29, 0.717) is 16.2 Å². The van der Waals surface area contributed by atoms with Crippen LogP contribution in [0.25, 0.3) is 11.2 Å². The Morgan fingerprint density at radius 3 is 3.12 bits per heavy atom. The highest BCUT2D eigenvalue weighted by Crippen LogP contribution is 2.15. The van der Waals surface area contributed by atoms with Gasteiger partial charge in [0.1, 0.15) is 6.33 Å². The summed E-state index contributed by atoms with van der Waals surface area (Å²) in [6, 6.07) is 7.31. The minimum atomic E-state index is 0.611. The van der Waals surface area contributed by atoms with Crippen molar-refractivity contribution in [2.45, 2.75) is 0 Å². The lowest BCUT2D eigenvalue weighted by atomic mass is 10.3. The highest BCUT2D eigenvalue weighted by atomic mass is 35.5. The number of aromatic nitrogens is 5. The Balaban J connectivity index is 2.00. The van der Waals surface area contributed by atoms with Gasteiger partial charge in [0.05, 0.1) is 11.9 Å². The molecule has 0 saturated carbocycles. The number of fused-ring (bicyclic) bond motifs is 1. The Bertz CT molecular complexity index is 664. The second-order valence-corrected chi connectivity index (χ2v) is 3.79. The van der Waals surface area contributed by atoms with Crippen LogP contribution < -0.4 is 5.43 Å². The molecule has 0 radical (unpaired) electrons. The summed E-state index contributed by atoms with van der Waals surface area (Å²) in [6.45, 7) is 0. The van der Waals surface area contributed by atoms with Gasteiger partial charge in [-0.15, -0.1) is 9.89 Å². The maximum Gasteiger partial charge on any atom is 0.204 e. The summed E-state index contributed by atoms with van der Waals surface area (Å²) in [5.41, 5.74) is 5.08. The molecule has 17 heavy (non-hydrogen) atoms. The quantitative estimate of drug-likeness (QED) is 0.746. The van der Waals surface area contributed by atoms with E-state index in [9.17, 15) is 0 Å². The number of halogens is 1. The molecule has 0 atom stereocenters. The Labute approximate surface area is 101 Å². The Kier molecular flexibility index (Phi) is 2.34. The summed E-state index contributed by atoms with van der Waals surface area (Å²) in [7, 11) is 0. The molecule has 6 nitrogen and oxygen atoms in total. The van der Waals surface area contributed by atoms with Gasteiger partial charge in [-0.3, -0.25) is 5.43 Å². The predicted octanol–water partition coefficient (Wildman–Crippen LogP) is 1.75. The fraction of sp³-hybridized carbons (Fsp3) is 0. The van der Waals surface area contributed by atoms with Crippen LogP contribution in [0.5, 0.6) is 0 Å². The summed E-state index contributed by atoms with van der Waals surface area (Å²) in [5.74, 6) is 0. The highest BCUT2D eigenvalue weighted by Gasteiger charge is 2.05. The lowest BCUT2D eigenvalue weighted by Gasteiger charge is -2.05. The molecular formula is C10H7ClN6. The van der Waals surface area contributed by atoms with Gasteiger partial charge in [-0.05, 0) is 23.4 Å². The molecular weight excluding hydrogens is 240 g/mol. The number of anilines is 1. The van der Waals surface area contributed by atoms with Crippen molar-refractivity contribution in [3.63, 3.8) is 0 Å². The molecule has 0 saturated heterocycles. The molecule has 0 spiro atoms. The number of benzene rings is 1. The Morgan fingerprint density at radius 2 is 2.24 bits per heavy atom. The predicted molar refractivity (Wildman–Crippen MR) is 63.6 cm³/mol. The molecule has 0 aliphatic rings. The highest BCUT2D eigenvalue weighted by molar-refractivity contribution is 6.30. The molecule has 1 aromatic carbocycles. The largest absolute Gasteiger partial charge is 0.275 e. The molecule has 0 bridgehead atoms. The van der Waals surface area contributed by atoms with Gasteiger partial charge < -0.3 is 0 Å². The van der Waals surface area contributed by atoms with Crippen LogP contribution in [0.1, 0.15) is 0 Å². The first-order valence-corrected chi connectivity index (χ1v) is 5.25. The van der Waals surface area contributed by atoms with E-state index in [1.54, 1.807) is 18.3 Å². The van der Waals surface area contributed by atoms with Crippen LogP contribution >= 0.6 is 11.6 Å². The third-order valence-corrected chi connectivity index (χ3v) is 2.41. The zero-order valence-corrected chi connectivity index (χ0v) is 9.33. The van der Waals surface area contributed by atoms with Crippen molar-refractivity contribution in [3.8, 4) is 0 Å². The third kappa shape index (κ3) is 1.90. The van der Waals surface area contributed by atoms with E-state index in [-0.39, 0.29) is 0 Å². The van der Waals surface area contributed by atoms with Gasteiger partial charge in [0.2, 0.25) is 5.65 Å². The maximum absolute atomic E-state index is 5.89. The fourth-order valence-electron chi connectivity index (χ4n) is 1.44. The summed E-state index contributed by atoms with van der Waals surface area (Å²) in [4.78, 5) is 9.44. The first-order chi connectivity index (χ1) is 8.33. The van der Waals surface area contributed by atoms with Crippen LogP contribution in [0.2, 0.25) is 5.02 Å². The number of nitrogens with zero attached hydrogens (tertiary/aromatic N) is 5. The molecule has 2 heterocycles. The van der Waals surface area contributed by atoms with Crippen LogP contribution in [0.3, 0.4) is 0 Å². The van der Waals surface area contributed by atoms with Crippen molar-refractivity contribution in [2.24, 2.45) is 0 Å². The number of nitrogens with one attached hydrogen (secondary N) is 1. The SMILES string of the molecule is Clc1cccc(Nn2nnc3cncnc32)c1. The van der Waals surface area contributed by atoms with Gasteiger partial charge in [0.25, 0.3) is 0 Å². The van der Waals surface area contributed by atoms with E-state index in [1.165, 1.54) is 11.1 Å². The van der Waals surface area contributed by atoms with Gasteiger partial charge in [-0.25, -0.2) is 9.97 Å². The van der Waals surface area contributed by atoms with Gasteiger partial charge >= 0.3 is 0 Å². The number of hydrogen-bond acceptors (Lipinski definition) is 5. The number of rotatable bonds is 2. The maximum atomic E-state index is 5.89. The molecule has 0 aliphatic carbocycles. The van der Waals surface area contributed by atoms with Crippen LogP contribution in [-0.2, 0) is 0 Å². The second kappa shape index (κ2) is 3.99. The smallest absolute Gasteiger partial charge is 0.204 e. The van der Waals surface area contributed by atoms with Crippen LogP contribution in [0.15, 0.2) is 36.8 Å². The van der Waals surface area contributed by atoms with Gasteiger partial charge in [0.15, 0.2) is 5.52 Å². The molecule has 2 aromatic heterocycles. The fourth-order valence-corrected chi connectivity index (χ4v) is 1.63. The summed E-state index contributed by atoms with van der Waals surface area (Å²) in [6.07, 6.45) is 3.05. The molecule has 1 N–H and O–H groups in total. The van der Waals surface area contributed by atoms with Crippen molar-refractivity contribution < 1.29 is 0 Å². The molecule has 7 heteroatoms. The van der Waals surface area contributed by atoms with Gasteiger partial charge in [-0.2, -0.15) is 0 Å². The van der Waals surface area contributed by atoms with E-state index in [2.05, 4.69) is 25.7 Å². The molecule has 3 aromatic rings. The van der Waals surface area contributed by atoms with E-state index < -0.39 is 0 Å². The monoisotopic (exact) mass is 246 g/mol. The first kappa shape index (κ1) is 9.98. The van der Waals surface area contributed by atoms with Crippen molar-refractivity contribution in [2.75, 3.05) is 5.43 Å². The van der Waals surface area contributed by atoms with Gasteiger partial charge in [-0.1, -0.05) is 17.7 Å². The van der Waals surface area contributed by atoms with Crippen molar-refractivity contribution in [3.05, 3.63) is 41.8 Å². The van der Waals surface area contributed by atoms with Gasteiger partial charge in [0, 0.05) is 5.02 Å². The average molecular weight is 247 g/mol. The Hall–Kier alpha value is -2.21. The first-order valence-electron chi connectivity index (χ1n) is 4.87. The molecule has 0 unspecified atom stereocenters. The summed E-state index contributed by atoms with van der Waals surface area (Å²) in [5, 5.41) is 8.51. The molecule has 0 amide bonds. The molecule has 0 aliphatic heterocycles. The van der Waals surface area contributed by atoms with E-state index >= 15 is 0 Å². The molecule has 0 fully saturated rings. The average Bonchev–Trinajstić information content (AvgIpc) is 2.73. The zero-order valence-electron chi connectivity index (χ0n) is 8.58. The molecule has 84 valence electrons. The Morgan fingerprint density at radius 1 is 1.29 bits per heavy atom. The molecule has 3 rings (SSSR count). The van der Waals surface area contributed by atoms with E-state index in [0.717, 1.165) is 5.69 Å². The minimum Gasteiger partial charge on any atom is -0.275 e. The van der Waals surface area contributed by atoms with Crippen molar-refractivity contribution >= 4 is 28.5 Å². The zero-order chi connectivity index (χ0) is 11.7. The van der Waals surface area contributed by atoms with E-state index in [1.807, 2.05) is 12.1 Å². The van der Waals surface area contributed by atoms with Crippen LogP contribution in [0, 0.1) is 0 Å². The van der Waals surface area contributed by atoms with E-state index in [4.69, 9.17) is 11.6 Å². The topological polar surface area (TPSA) is 68.5 Å². The van der Waals surface area contributed by atoms with Crippen LogP contribution in [0.4, 0.5) is 5.69 Å².